The molecule has 0 aliphatic heterocycles. The Morgan fingerprint density at radius 1 is 0.853 bits per heavy atom. The number of aromatic nitrogens is 1. The molecule has 1 aromatic heterocycles. The van der Waals surface area contributed by atoms with Crippen LogP contribution in [0, 0.1) is 0 Å². The number of amides is 2. The van der Waals surface area contributed by atoms with E-state index in [0.717, 1.165) is 12.8 Å². The minimum atomic E-state index is -0.276. The Balaban J connectivity index is 1.20. The Labute approximate surface area is 197 Å². The number of carbonyl (C=O) groups is 2. The van der Waals surface area contributed by atoms with E-state index in [9.17, 15) is 9.59 Å². The molecule has 0 bridgehead atoms. The number of hydrogen-bond donors (Lipinski definition) is 2. The van der Waals surface area contributed by atoms with Crippen LogP contribution >= 0.6 is 0 Å². The van der Waals surface area contributed by atoms with E-state index in [0.29, 0.717) is 29.3 Å². The molecule has 0 spiro atoms. The second-order valence-electron chi connectivity index (χ2n) is 7.66. The summed E-state index contributed by atoms with van der Waals surface area (Å²) in [6, 6.07) is 27.7. The van der Waals surface area contributed by atoms with E-state index in [1.54, 1.807) is 42.5 Å². The third kappa shape index (κ3) is 6.56. The normalized spacial score (nSPS) is 10.5. The minimum absolute atomic E-state index is 0.129. The van der Waals surface area contributed by atoms with E-state index in [1.165, 1.54) is 5.56 Å². The molecule has 0 unspecified atom stereocenters. The van der Waals surface area contributed by atoms with Gasteiger partial charge in [0, 0.05) is 23.9 Å². The van der Waals surface area contributed by atoms with E-state index >= 15 is 0 Å². The molecule has 0 aliphatic rings. The molecule has 0 radical (unpaired) electrons. The highest BCUT2D eigenvalue weighted by molar-refractivity contribution is 6.04. The lowest BCUT2D eigenvalue weighted by Gasteiger charge is -2.07. The van der Waals surface area contributed by atoms with Gasteiger partial charge in [-0.3, -0.25) is 9.59 Å². The number of nitrogens with one attached hydrogen (secondary N) is 2. The fourth-order valence-corrected chi connectivity index (χ4v) is 3.30. The Hall–Kier alpha value is -4.39. The molecule has 7 nitrogen and oxygen atoms in total. The Bertz CT molecular complexity index is 1210. The maximum absolute atomic E-state index is 12.3. The molecule has 0 saturated heterocycles. The van der Waals surface area contributed by atoms with Crippen molar-refractivity contribution in [3.8, 4) is 5.75 Å². The number of carbonyl (C=O) groups excluding carboxylic acids is 2. The van der Waals surface area contributed by atoms with Gasteiger partial charge >= 0.3 is 0 Å². The number of hydrogen-bond acceptors (Lipinski definition) is 5. The van der Waals surface area contributed by atoms with Crippen molar-refractivity contribution in [3.05, 3.63) is 114 Å². The second-order valence-corrected chi connectivity index (χ2v) is 7.66. The first-order chi connectivity index (χ1) is 16.7. The topological polar surface area (TPSA) is 93.5 Å². The summed E-state index contributed by atoms with van der Waals surface area (Å²) in [5.74, 6) is 0.584. The molecule has 0 fully saturated rings. The van der Waals surface area contributed by atoms with Crippen LogP contribution in [0.3, 0.4) is 0 Å². The predicted octanol–water partition coefficient (Wildman–Crippen LogP) is 4.87. The summed E-state index contributed by atoms with van der Waals surface area (Å²) in [5.41, 5.74) is 2.71. The summed E-state index contributed by atoms with van der Waals surface area (Å²) in [6.07, 6.45) is 1.74. The van der Waals surface area contributed by atoms with Gasteiger partial charge < -0.3 is 19.9 Å². The van der Waals surface area contributed by atoms with Gasteiger partial charge in [-0.15, -0.1) is 0 Å². The van der Waals surface area contributed by atoms with Gasteiger partial charge in [0.1, 0.15) is 12.4 Å². The van der Waals surface area contributed by atoms with Gasteiger partial charge in [-0.1, -0.05) is 53.7 Å². The molecule has 34 heavy (non-hydrogen) atoms. The number of benzene rings is 3. The van der Waals surface area contributed by atoms with E-state index < -0.39 is 0 Å². The number of anilines is 1. The first-order valence-electron chi connectivity index (χ1n) is 11.0. The van der Waals surface area contributed by atoms with Crippen molar-refractivity contribution in [2.24, 2.45) is 0 Å². The zero-order chi connectivity index (χ0) is 23.6. The van der Waals surface area contributed by atoms with E-state index in [1.807, 2.05) is 36.4 Å². The van der Waals surface area contributed by atoms with E-state index in [2.05, 4.69) is 27.9 Å². The number of rotatable bonds is 10. The van der Waals surface area contributed by atoms with Crippen LogP contribution in [0.1, 0.15) is 38.6 Å². The van der Waals surface area contributed by atoms with Gasteiger partial charge in [-0.25, -0.2) is 0 Å². The summed E-state index contributed by atoms with van der Waals surface area (Å²) in [7, 11) is 0. The molecule has 7 heteroatoms. The van der Waals surface area contributed by atoms with Crippen molar-refractivity contribution >= 4 is 17.5 Å². The van der Waals surface area contributed by atoms with Gasteiger partial charge in [0.25, 0.3) is 11.8 Å². The van der Waals surface area contributed by atoms with Crippen molar-refractivity contribution < 1.29 is 18.8 Å². The summed E-state index contributed by atoms with van der Waals surface area (Å²) >= 11 is 0. The third-order valence-corrected chi connectivity index (χ3v) is 5.09. The molecule has 4 aromatic rings. The Morgan fingerprint density at radius 3 is 2.29 bits per heavy atom. The highest BCUT2D eigenvalue weighted by atomic mass is 16.5. The average molecular weight is 456 g/mol. The fourth-order valence-electron chi connectivity index (χ4n) is 3.30. The summed E-state index contributed by atoms with van der Waals surface area (Å²) in [6.45, 7) is 0.684. The van der Waals surface area contributed by atoms with Crippen molar-refractivity contribution in [1.29, 1.82) is 0 Å². The highest BCUT2D eigenvalue weighted by Crippen LogP contribution is 2.18. The van der Waals surface area contributed by atoms with Crippen LogP contribution in [0.5, 0.6) is 5.75 Å². The van der Waals surface area contributed by atoms with Crippen LogP contribution in [0.4, 0.5) is 5.69 Å². The molecular weight excluding hydrogens is 430 g/mol. The summed E-state index contributed by atoms with van der Waals surface area (Å²) < 4.78 is 10.9. The molecule has 2 N–H and O–H groups in total. The fraction of sp³-hybridized carbons (Fsp3) is 0.148. The molecule has 0 atom stereocenters. The molecule has 3 aromatic carbocycles. The highest BCUT2D eigenvalue weighted by Gasteiger charge is 2.13. The largest absolute Gasteiger partial charge is 0.486 e. The van der Waals surface area contributed by atoms with Crippen LogP contribution in [0.25, 0.3) is 0 Å². The van der Waals surface area contributed by atoms with Gasteiger partial charge in [0.05, 0.1) is 0 Å². The van der Waals surface area contributed by atoms with Gasteiger partial charge in [0.2, 0.25) is 0 Å². The SMILES string of the molecule is O=C(Nc1ccc(OCc2cc(C(=O)NCCCc3ccccc3)no2)cc1)c1ccccc1. The maximum atomic E-state index is 12.3. The average Bonchev–Trinajstić information content (AvgIpc) is 3.36. The van der Waals surface area contributed by atoms with E-state index in [4.69, 9.17) is 9.26 Å². The molecule has 0 aliphatic carbocycles. The molecule has 4 rings (SSSR count). The Kier molecular flexibility index (Phi) is 7.69. The Morgan fingerprint density at radius 2 is 1.56 bits per heavy atom. The maximum Gasteiger partial charge on any atom is 0.273 e. The predicted molar refractivity (Wildman–Crippen MR) is 129 cm³/mol. The van der Waals surface area contributed by atoms with Crippen molar-refractivity contribution in [1.82, 2.24) is 10.5 Å². The molecule has 2 amide bonds. The van der Waals surface area contributed by atoms with Crippen LogP contribution in [0.2, 0.25) is 0 Å². The minimum Gasteiger partial charge on any atom is -0.486 e. The zero-order valence-corrected chi connectivity index (χ0v) is 18.6. The number of aryl methyl sites for hydroxylation is 1. The third-order valence-electron chi connectivity index (χ3n) is 5.09. The molecular formula is C27H25N3O4. The second kappa shape index (κ2) is 11.5. The molecule has 0 saturated carbocycles. The molecule has 1 heterocycles. The first kappa shape index (κ1) is 22.8. The van der Waals surface area contributed by atoms with Gasteiger partial charge in [0.15, 0.2) is 11.5 Å². The number of ether oxygens (including phenoxy) is 1. The van der Waals surface area contributed by atoms with E-state index in [-0.39, 0.29) is 24.1 Å². The van der Waals surface area contributed by atoms with Crippen molar-refractivity contribution in [3.63, 3.8) is 0 Å². The van der Waals surface area contributed by atoms with Crippen LogP contribution < -0.4 is 15.4 Å². The quantitative estimate of drug-likeness (QED) is 0.333. The van der Waals surface area contributed by atoms with Crippen LogP contribution in [-0.2, 0) is 13.0 Å². The van der Waals surface area contributed by atoms with Gasteiger partial charge in [-0.05, 0) is 54.8 Å². The summed E-state index contributed by atoms with van der Waals surface area (Å²) in [4.78, 5) is 24.5. The first-order valence-corrected chi connectivity index (χ1v) is 11.0. The van der Waals surface area contributed by atoms with Crippen LogP contribution in [0.15, 0.2) is 95.5 Å². The van der Waals surface area contributed by atoms with Crippen LogP contribution in [-0.4, -0.2) is 23.5 Å². The lowest BCUT2D eigenvalue weighted by Crippen LogP contribution is -2.25. The molecule has 172 valence electrons. The van der Waals surface area contributed by atoms with Crippen molar-refractivity contribution in [2.75, 3.05) is 11.9 Å². The van der Waals surface area contributed by atoms with Gasteiger partial charge in [-0.2, -0.15) is 0 Å². The smallest absolute Gasteiger partial charge is 0.273 e. The monoisotopic (exact) mass is 455 g/mol. The van der Waals surface area contributed by atoms with Crippen molar-refractivity contribution in [2.45, 2.75) is 19.4 Å². The standard InChI is InChI=1S/C27H25N3O4/c31-26(21-11-5-2-6-12-21)29-22-13-15-23(16-14-22)33-19-24-18-25(30-34-24)27(32)28-17-7-10-20-8-3-1-4-9-20/h1-6,8-9,11-16,18H,7,10,17,19H2,(H,28,32)(H,29,31). The summed E-state index contributed by atoms with van der Waals surface area (Å²) in [5, 5.41) is 9.52. The lowest BCUT2D eigenvalue weighted by atomic mass is 10.1. The number of nitrogens with zero attached hydrogens (tertiary/aromatic N) is 1. The lowest BCUT2D eigenvalue weighted by molar-refractivity contribution is 0.0943. The zero-order valence-electron chi connectivity index (χ0n) is 18.6.